The zero-order chi connectivity index (χ0) is 13.1. The van der Waals surface area contributed by atoms with Crippen molar-refractivity contribution < 1.29 is 12.8 Å². The number of hydrogen-bond donors (Lipinski definition) is 1. The summed E-state index contributed by atoms with van der Waals surface area (Å²) in [5, 5.41) is 3.03. The van der Waals surface area contributed by atoms with Crippen molar-refractivity contribution in [3.63, 3.8) is 0 Å². The van der Waals surface area contributed by atoms with Crippen molar-refractivity contribution in [1.82, 2.24) is 10.3 Å². The van der Waals surface area contributed by atoms with Crippen LogP contribution in [0, 0.1) is 0 Å². The van der Waals surface area contributed by atoms with E-state index in [1.54, 1.807) is 13.8 Å². The van der Waals surface area contributed by atoms with Gasteiger partial charge < -0.3 is 9.73 Å². The largest absolute Gasteiger partial charge is 0.444 e. The monoisotopic (exact) mass is 260 g/mol. The predicted molar refractivity (Wildman–Crippen MR) is 66.6 cm³/mol. The highest BCUT2D eigenvalue weighted by Crippen LogP contribution is 2.29. The fourth-order valence-electron chi connectivity index (χ4n) is 1.30. The molecule has 1 aromatic heterocycles. The molecule has 0 bridgehead atoms. The van der Waals surface area contributed by atoms with Gasteiger partial charge in [0.2, 0.25) is 0 Å². The average molecular weight is 260 g/mol. The second kappa shape index (κ2) is 5.18. The van der Waals surface area contributed by atoms with Gasteiger partial charge in [-0.1, -0.05) is 0 Å². The first-order valence-corrected chi connectivity index (χ1v) is 7.47. The van der Waals surface area contributed by atoms with Crippen LogP contribution in [-0.4, -0.2) is 33.2 Å². The molecule has 0 unspecified atom stereocenters. The third-order valence-corrected chi connectivity index (χ3v) is 4.95. The van der Waals surface area contributed by atoms with Crippen LogP contribution in [0.4, 0.5) is 0 Å². The van der Waals surface area contributed by atoms with Crippen LogP contribution in [0.15, 0.2) is 10.6 Å². The van der Waals surface area contributed by atoms with E-state index in [9.17, 15) is 8.42 Å². The summed E-state index contributed by atoms with van der Waals surface area (Å²) >= 11 is 0. The molecule has 0 fully saturated rings. The highest BCUT2D eigenvalue weighted by Gasteiger charge is 2.36. The molecule has 1 N–H and O–H groups in total. The van der Waals surface area contributed by atoms with Gasteiger partial charge in [0.1, 0.15) is 10.5 Å². The summed E-state index contributed by atoms with van der Waals surface area (Å²) in [7, 11) is -1.33. The molecular weight excluding hydrogens is 240 g/mol. The molecule has 1 aromatic rings. The summed E-state index contributed by atoms with van der Waals surface area (Å²) in [5.41, 5.74) is 0. The summed E-state index contributed by atoms with van der Waals surface area (Å²) in [4.78, 5) is 4.11. The number of aryl methyl sites for hydroxylation is 1. The van der Waals surface area contributed by atoms with Crippen LogP contribution in [0.5, 0.6) is 0 Å². The maximum Gasteiger partial charge on any atom is 0.194 e. The van der Waals surface area contributed by atoms with Crippen molar-refractivity contribution in [2.45, 2.75) is 31.4 Å². The van der Waals surface area contributed by atoms with Gasteiger partial charge in [0.05, 0.1) is 6.20 Å². The molecule has 0 atom stereocenters. The van der Waals surface area contributed by atoms with Crippen LogP contribution in [0.2, 0.25) is 0 Å². The predicted octanol–water partition coefficient (Wildman–Crippen LogP) is 1.11. The second-order valence-corrected chi connectivity index (χ2v) is 7.17. The van der Waals surface area contributed by atoms with Crippen molar-refractivity contribution in [3.8, 4) is 0 Å². The van der Waals surface area contributed by atoms with Gasteiger partial charge in [-0.3, -0.25) is 0 Å². The number of hydrogen-bond acceptors (Lipinski definition) is 5. The number of nitrogens with zero attached hydrogens (tertiary/aromatic N) is 1. The smallest absolute Gasteiger partial charge is 0.194 e. The van der Waals surface area contributed by atoms with Gasteiger partial charge >= 0.3 is 0 Å². The molecule has 0 aromatic carbocycles. The molecule has 0 aliphatic carbocycles. The molecule has 1 heterocycles. The first kappa shape index (κ1) is 14.2. The van der Waals surface area contributed by atoms with Crippen molar-refractivity contribution in [1.29, 1.82) is 0 Å². The lowest BCUT2D eigenvalue weighted by molar-refractivity contribution is 0.410. The van der Waals surface area contributed by atoms with E-state index in [1.165, 1.54) is 12.5 Å². The minimum atomic E-state index is -3.21. The second-order valence-electron chi connectivity index (χ2n) is 4.61. The highest BCUT2D eigenvalue weighted by atomic mass is 32.2. The fraction of sp³-hybridized carbons (Fsp3) is 0.727. The van der Waals surface area contributed by atoms with Crippen LogP contribution in [0.1, 0.15) is 31.9 Å². The van der Waals surface area contributed by atoms with Gasteiger partial charge in [-0.25, -0.2) is 13.4 Å². The van der Waals surface area contributed by atoms with Crippen LogP contribution >= 0.6 is 0 Å². The molecule has 0 amide bonds. The van der Waals surface area contributed by atoms with Crippen LogP contribution in [0.25, 0.3) is 0 Å². The zero-order valence-corrected chi connectivity index (χ0v) is 11.6. The van der Waals surface area contributed by atoms with Crippen molar-refractivity contribution >= 4 is 9.84 Å². The minimum Gasteiger partial charge on any atom is -0.444 e. The molecule has 1 rings (SSSR count). The number of nitrogens with one attached hydrogen (secondary N) is 1. The minimum absolute atomic E-state index is 0.402. The molecule has 0 spiro atoms. The first-order valence-electron chi connectivity index (χ1n) is 5.58. The molecule has 6 heteroatoms. The van der Waals surface area contributed by atoms with E-state index in [1.807, 2.05) is 7.05 Å². The van der Waals surface area contributed by atoms with Gasteiger partial charge in [0.15, 0.2) is 15.7 Å². The van der Waals surface area contributed by atoms with E-state index in [4.69, 9.17) is 4.42 Å². The molecule has 0 saturated carbocycles. The third kappa shape index (κ3) is 3.29. The van der Waals surface area contributed by atoms with E-state index < -0.39 is 14.6 Å². The van der Waals surface area contributed by atoms with Gasteiger partial charge in [0.25, 0.3) is 0 Å². The van der Waals surface area contributed by atoms with Gasteiger partial charge in [0, 0.05) is 12.7 Å². The van der Waals surface area contributed by atoms with Gasteiger partial charge in [-0.15, -0.1) is 0 Å². The Bertz CT molecular complexity index is 463. The lowest BCUT2D eigenvalue weighted by atomic mass is 10.2. The SMILES string of the molecule is CNCCCc1ncc(C(C)(C)S(C)(=O)=O)o1. The van der Waals surface area contributed by atoms with E-state index in [2.05, 4.69) is 10.3 Å². The maximum atomic E-state index is 11.6. The van der Waals surface area contributed by atoms with Crippen LogP contribution < -0.4 is 5.32 Å². The first-order chi connectivity index (χ1) is 7.79. The van der Waals surface area contributed by atoms with Crippen molar-refractivity contribution in [2.75, 3.05) is 19.8 Å². The Kier molecular flexibility index (Phi) is 4.32. The average Bonchev–Trinajstić information content (AvgIpc) is 2.65. The van der Waals surface area contributed by atoms with Crippen molar-refractivity contribution in [3.05, 3.63) is 17.8 Å². The van der Waals surface area contributed by atoms with Crippen molar-refractivity contribution in [2.24, 2.45) is 0 Å². The molecule has 17 heavy (non-hydrogen) atoms. The Labute approximate surface area is 103 Å². The Balaban J connectivity index is 2.81. The molecule has 0 aliphatic rings. The molecule has 0 radical (unpaired) electrons. The topological polar surface area (TPSA) is 72.2 Å². The Morgan fingerprint density at radius 3 is 2.65 bits per heavy atom. The fourth-order valence-corrected chi connectivity index (χ4v) is 1.76. The lowest BCUT2D eigenvalue weighted by Gasteiger charge is -2.18. The zero-order valence-electron chi connectivity index (χ0n) is 10.8. The molecule has 5 nitrogen and oxygen atoms in total. The summed E-state index contributed by atoms with van der Waals surface area (Å²) in [5.74, 6) is 0.992. The lowest BCUT2D eigenvalue weighted by Crippen LogP contribution is -2.27. The van der Waals surface area contributed by atoms with Crippen LogP contribution in [0.3, 0.4) is 0 Å². The van der Waals surface area contributed by atoms with E-state index in [0.717, 1.165) is 13.0 Å². The van der Waals surface area contributed by atoms with Gasteiger partial charge in [-0.05, 0) is 33.9 Å². The standard InChI is InChI=1S/C11H20N2O3S/c1-11(2,17(4,14)15)9-8-13-10(16-9)6-5-7-12-3/h8,12H,5-7H2,1-4H3. The van der Waals surface area contributed by atoms with E-state index in [0.29, 0.717) is 18.1 Å². The molecule has 98 valence electrons. The molecular formula is C11H20N2O3S. The molecule has 0 saturated heterocycles. The van der Waals surface area contributed by atoms with E-state index >= 15 is 0 Å². The maximum absolute atomic E-state index is 11.6. The Hall–Kier alpha value is -0.880. The normalized spacial score (nSPS) is 12.9. The summed E-state index contributed by atoms with van der Waals surface area (Å²) in [6.07, 6.45) is 4.34. The Morgan fingerprint density at radius 2 is 2.12 bits per heavy atom. The highest BCUT2D eigenvalue weighted by molar-refractivity contribution is 7.91. The number of aromatic nitrogens is 1. The number of sulfone groups is 1. The van der Waals surface area contributed by atoms with Gasteiger partial charge in [-0.2, -0.15) is 0 Å². The quantitative estimate of drug-likeness (QED) is 0.776. The number of oxazole rings is 1. The summed E-state index contributed by atoms with van der Waals surface area (Å²) < 4.78 is 27.7. The van der Waals surface area contributed by atoms with Crippen LogP contribution in [-0.2, 0) is 21.0 Å². The number of rotatable bonds is 6. The third-order valence-electron chi connectivity index (χ3n) is 2.89. The summed E-state index contributed by atoms with van der Waals surface area (Å²) in [6.45, 7) is 4.13. The Morgan fingerprint density at radius 1 is 1.47 bits per heavy atom. The summed E-state index contributed by atoms with van der Waals surface area (Å²) in [6, 6.07) is 0. The van der Waals surface area contributed by atoms with E-state index in [-0.39, 0.29) is 0 Å². The molecule has 0 aliphatic heterocycles.